The van der Waals surface area contributed by atoms with Crippen molar-refractivity contribution in [3.63, 3.8) is 0 Å². The minimum Gasteiger partial charge on any atom is -0.463 e. The van der Waals surface area contributed by atoms with Crippen LogP contribution in [0.3, 0.4) is 0 Å². The molecule has 0 aliphatic heterocycles. The summed E-state index contributed by atoms with van der Waals surface area (Å²) in [6.07, 6.45) is 34.6. The van der Waals surface area contributed by atoms with E-state index in [-0.39, 0.29) is 25.2 Å². The molecule has 0 aromatic heterocycles. The van der Waals surface area contributed by atoms with Gasteiger partial charge < -0.3 is 14.6 Å². The van der Waals surface area contributed by atoms with E-state index in [4.69, 9.17) is 9.47 Å². The highest BCUT2D eigenvalue weighted by molar-refractivity contribution is 5.69. The number of aliphatic hydroxyl groups excluding tert-OH is 1. The molecule has 0 amide bonds. The van der Waals surface area contributed by atoms with Crippen LogP contribution in [0.4, 0.5) is 0 Å². The van der Waals surface area contributed by atoms with Crippen LogP contribution in [0.2, 0.25) is 0 Å². The SMILES string of the molecule is CCCCCCCCCCCCCCCCCCCCCC(=O)OC[C@H](O)COC(=O)CCCCCCCCCC(C)C. The van der Waals surface area contributed by atoms with Gasteiger partial charge in [0.15, 0.2) is 0 Å². The third-order valence-corrected chi connectivity index (χ3v) is 8.52. The van der Waals surface area contributed by atoms with E-state index in [2.05, 4.69) is 20.8 Å². The highest BCUT2D eigenvalue weighted by Gasteiger charge is 2.12. The zero-order valence-corrected chi connectivity index (χ0v) is 29.2. The Balaban J connectivity index is 3.36. The Morgan fingerprint density at radius 3 is 1.05 bits per heavy atom. The fraction of sp³-hybridized carbons (Fsp3) is 0.947. The highest BCUT2D eigenvalue weighted by atomic mass is 16.6. The second-order valence-corrected chi connectivity index (χ2v) is 13.5. The molecule has 1 N–H and O–H groups in total. The fourth-order valence-corrected chi connectivity index (χ4v) is 5.62. The molecule has 0 fully saturated rings. The molecule has 5 heteroatoms. The molecular weight excluding hydrogens is 536 g/mol. The summed E-state index contributed by atoms with van der Waals surface area (Å²) in [5.41, 5.74) is 0. The predicted octanol–water partition coefficient (Wildman–Crippen LogP) is 11.4. The van der Waals surface area contributed by atoms with Crippen LogP contribution < -0.4 is 0 Å². The zero-order valence-electron chi connectivity index (χ0n) is 29.2. The highest BCUT2D eigenvalue weighted by Crippen LogP contribution is 2.15. The maximum atomic E-state index is 11.9. The molecule has 0 saturated heterocycles. The molecule has 0 aromatic carbocycles. The summed E-state index contributed by atoms with van der Waals surface area (Å²) in [5, 5.41) is 9.97. The molecule has 43 heavy (non-hydrogen) atoms. The first-order valence-corrected chi connectivity index (χ1v) is 18.9. The van der Waals surface area contributed by atoms with Crippen molar-refractivity contribution < 1.29 is 24.2 Å². The standard InChI is InChI=1S/C38H74O5/c1-4-5-6-7-8-9-10-11-12-13-14-15-16-17-18-19-22-25-28-31-37(40)42-33-36(39)34-43-38(41)32-29-26-23-20-21-24-27-30-35(2)3/h35-36,39H,4-34H2,1-3H3/t36-/m0/s1. The van der Waals surface area contributed by atoms with E-state index in [1.54, 1.807) is 0 Å². The summed E-state index contributed by atoms with van der Waals surface area (Å²) in [5.74, 6) is 0.239. The van der Waals surface area contributed by atoms with E-state index in [0.29, 0.717) is 12.8 Å². The average molecular weight is 611 g/mol. The average Bonchev–Trinajstić information content (AvgIpc) is 2.99. The van der Waals surface area contributed by atoms with E-state index in [1.807, 2.05) is 0 Å². The van der Waals surface area contributed by atoms with Crippen LogP contribution in [0.1, 0.15) is 207 Å². The molecule has 0 aliphatic rings. The molecule has 0 aromatic rings. The fourth-order valence-electron chi connectivity index (χ4n) is 5.62. The first-order valence-electron chi connectivity index (χ1n) is 18.9. The summed E-state index contributed by atoms with van der Waals surface area (Å²) >= 11 is 0. The van der Waals surface area contributed by atoms with Crippen LogP contribution in [-0.2, 0) is 19.1 Å². The number of hydrogen-bond acceptors (Lipinski definition) is 5. The van der Waals surface area contributed by atoms with E-state index in [9.17, 15) is 14.7 Å². The Labute approximate surface area is 268 Å². The van der Waals surface area contributed by atoms with Crippen molar-refractivity contribution in [3.05, 3.63) is 0 Å². The second kappa shape index (κ2) is 33.8. The summed E-state index contributed by atoms with van der Waals surface area (Å²) < 4.78 is 10.3. The monoisotopic (exact) mass is 611 g/mol. The summed E-state index contributed by atoms with van der Waals surface area (Å²) in [4.78, 5) is 23.8. The van der Waals surface area contributed by atoms with Crippen LogP contribution in [0, 0.1) is 5.92 Å². The molecule has 0 saturated carbocycles. The third-order valence-electron chi connectivity index (χ3n) is 8.52. The van der Waals surface area contributed by atoms with Gasteiger partial charge >= 0.3 is 11.9 Å². The number of carbonyl (C=O) groups excluding carboxylic acids is 2. The van der Waals surface area contributed by atoms with Gasteiger partial charge in [-0.25, -0.2) is 0 Å². The lowest BCUT2D eigenvalue weighted by molar-refractivity contribution is -0.152. The Morgan fingerprint density at radius 2 is 0.744 bits per heavy atom. The lowest BCUT2D eigenvalue weighted by Gasteiger charge is -2.12. The molecule has 1 atom stereocenters. The van der Waals surface area contributed by atoms with Gasteiger partial charge in [0.05, 0.1) is 0 Å². The lowest BCUT2D eigenvalue weighted by atomic mass is 10.0. The number of unbranched alkanes of at least 4 members (excludes halogenated alkanes) is 24. The smallest absolute Gasteiger partial charge is 0.305 e. The first kappa shape index (κ1) is 41.9. The second-order valence-electron chi connectivity index (χ2n) is 13.5. The first-order chi connectivity index (χ1) is 21.0. The van der Waals surface area contributed by atoms with Gasteiger partial charge in [0.25, 0.3) is 0 Å². The number of ether oxygens (including phenoxy) is 2. The molecule has 5 nitrogen and oxygen atoms in total. The van der Waals surface area contributed by atoms with Crippen molar-refractivity contribution in [2.45, 2.75) is 213 Å². The zero-order chi connectivity index (χ0) is 31.6. The van der Waals surface area contributed by atoms with Gasteiger partial charge in [-0.1, -0.05) is 181 Å². The number of carbonyl (C=O) groups is 2. The van der Waals surface area contributed by atoms with Crippen molar-refractivity contribution in [2.24, 2.45) is 5.92 Å². The van der Waals surface area contributed by atoms with Gasteiger partial charge in [-0.3, -0.25) is 9.59 Å². The Morgan fingerprint density at radius 1 is 0.465 bits per heavy atom. The lowest BCUT2D eigenvalue weighted by Crippen LogP contribution is -2.25. The van der Waals surface area contributed by atoms with Crippen molar-refractivity contribution in [1.82, 2.24) is 0 Å². The quantitative estimate of drug-likeness (QED) is 0.0579. The Hall–Kier alpha value is -1.10. The molecule has 256 valence electrons. The summed E-state index contributed by atoms with van der Waals surface area (Å²) in [6, 6.07) is 0. The van der Waals surface area contributed by atoms with Gasteiger partial charge in [0, 0.05) is 12.8 Å². The predicted molar refractivity (Wildman–Crippen MR) is 182 cm³/mol. The van der Waals surface area contributed by atoms with Crippen LogP contribution >= 0.6 is 0 Å². The van der Waals surface area contributed by atoms with Gasteiger partial charge in [-0.15, -0.1) is 0 Å². The summed E-state index contributed by atoms with van der Waals surface area (Å²) in [7, 11) is 0. The molecule has 0 aliphatic carbocycles. The number of esters is 2. The molecule has 0 unspecified atom stereocenters. The largest absolute Gasteiger partial charge is 0.463 e. The van der Waals surface area contributed by atoms with Crippen molar-refractivity contribution in [1.29, 1.82) is 0 Å². The van der Waals surface area contributed by atoms with Crippen LogP contribution in [0.25, 0.3) is 0 Å². The minimum absolute atomic E-state index is 0.109. The maximum Gasteiger partial charge on any atom is 0.305 e. The maximum absolute atomic E-state index is 11.9. The molecule has 0 rings (SSSR count). The summed E-state index contributed by atoms with van der Waals surface area (Å²) in [6.45, 7) is 6.61. The molecule has 0 spiro atoms. The van der Waals surface area contributed by atoms with Gasteiger partial charge in [0.1, 0.15) is 19.3 Å². The molecular formula is C38H74O5. The van der Waals surface area contributed by atoms with Crippen LogP contribution in [0.5, 0.6) is 0 Å². The van der Waals surface area contributed by atoms with E-state index in [1.165, 1.54) is 141 Å². The van der Waals surface area contributed by atoms with Crippen LogP contribution in [0.15, 0.2) is 0 Å². The Bertz CT molecular complexity index is 591. The van der Waals surface area contributed by atoms with Crippen LogP contribution in [-0.4, -0.2) is 36.4 Å². The number of aliphatic hydroxyl groups is 1. The molecule has 0 radical (unpaired) electrons. The van der Waals surface area contributed by atoms with Gasteiger partial charge in [-0.2, -0.15) is 0 Å². The van der Waals surface area contributed by atoms with Gasteiger partial charge in [0.2, 0.25) is 0 Å². The third kappa shape index (κ3) is 35.3. The Kier molecular flexibility index (Phi) is 32.9. The van der Waals surface area contributed by atoms with Crippen molar-refractivity contribution in [2.75, 3.05) is 13.2 Å². The number of rotatable bonds is 34. The van der Waals surface area contributed by atoms with Crippen molar-refractivity contribution >= 4 is 11.9 Å². The van der Waals surface area contributed by atoms with E-state index < -0.39 is 6.10 Å². The van der Waals surface area contributed by atoms with E-state index >= 15 is 0 Å². The number of hydrogen-bond donors (Lipinski definition) is 1. The topological polar surface area (TPSA) is 72.8 Å². The molecule has 0 heterocycles. The van der Waals surface area contributed by atoms with Gasteiger partial charge in [-0.05, 0) is 18.8 Å². The normalized spacial score (nSPS) is 12.1. The van der Waals surface area contributed by atoms with E-state index in [0.717, 1.165) is 38.0 Å². The van der Waals surface area contributed by atoms with Crippen molar-refractivity contribution in [3.8, 4) is 0 Å². The molecule has 0 bridgehead atoms. The minimum atomic E-state index is -0.955.